The van der Waals surface area contributed by atoms with Gasteiger partial charge in [0.2, 0.25) is 0 Å². The summed E-state index contributed by atoms with van der Waals surface area (Å²) >= 11 is 7.76. The van der Waals surface area contributed by atoms with Gasteiger partial charge < -0.3 is 9.72 Å². The molecule has 1 fully saturated rings. The van der Waals surface area contributed by atoms with Gasteiger partial charge in [0.25, 0.3) is 0 Å². The van der Waals surface area contributed by atoms with Crippen molar-refractivity contribution in [2.24, 2.45) is 0 Å². The maximum Gasteiger partial charge on any atom is -0.0134 e. The summed E-state index contributed by atoms with van der Waals surface area (Å²) in [5.74, 6) is 0. The van der Waals surface area contributed by atoms with Crippen LogP contribution >= 0.6 is 61.2 Å². The average molecular weight is 1940 g/mol. The topological polar surface area (TPSA) is 35.0 Å². The number of aryl methyl sites for hydroxylation is 2. The van der Waals surface area contributed by atoms with Gasteiger partial charge in [-0.1, -0.05) is 471 Å². The Labute approximate surface area is 774 Å². The van der Waals surface area contributed by atoms with Crippen LogP contribution in [-0.2, 0) is 41.5 Å². The molecule has 1 saturated heterocycles. The number of pyridine rings is 2. The fraction of sp³-hybridized carbons (Fsp3) is 0.0536. The second-order valence-corrected chi connectivity index (χ2v) is 37.5. The minimum atomic E-state index is -0.446. The van der Waals surface area contributed by atoms with Gasteiger partial charge in [-0.3, -0.25) is 4.98 Å². The number of benzene rings is 16. The van der Waals surface area contributed by atoms with Gasteiger partial charge in [-0.05, 0) is 192 Å². The van der Waals surface area contributed by atoms with Crippen molar-refractivity contribution in [3.05, 3.63) is 532 Å². The van der Waals surface area contributed by atoms with Crippen LogP contribution in [0.25, 0.3) is 33.5 Å². The van der Waals surface area contributed by atoms with Gasteiger partial charge in [0.15, 0.2) is 0 Å². The minimum absolute atomic E-state index is 0. The van der Waals surface area contributed by atoms with Crippen LogP contribution in [0.4, 0.5) is 0 Å². The molecule has 0 atom stereocenters. The van der Waals surface area contributed by atoms with Gasteiger partial charge in [0.05, 0.1) is 5.69 Å². The largest absolute Gasteiger partial charge is 0.394 e. The molecule has 3 nitrogen and oxygen atoms in total. The predicted octanol–water partition coefficient (Wildman–Crippen LogP) is 25.4. The molecule has 0 radical (unpaired) electrons. The Morgan fingerprint density at radius 2 is 0.480 bits per heavy atom. The molecule has 0 unspecified atom stereocenters. The Hall–Kier alpha value is -10.3. The van der Waals surface area contributed by atoms with Crippen molar-refractivity contribution in [1.82, 2.24) is 9.97 Å². The van der Waals surface area contributed by atoms with E-state index < -0.39 is 31.7 Å². The van der Waals surface area contributed by atoms with Crippen LogP contribution in [0.3, 0.4) is 0 Å². The van der Waals surface area contributed by atoms with Crippen LogP contribution in [0.5, 0.6) is 0 Å². The number of nitrogens with zero attached hydrogens (tertiary/aromatic N) is 2. The molecular formula is C112H98Br2N2OP4PdZn. The quantitative estimate of drug-likeness (QED) is 0.0583. The molecule has 0 amide bonds. The molecule has 0 N–H and O–H groups in total. The summed E-state index contributed by atoms with van der Waals surface area (Å²) in [5, 5.41) is 16.8. The molecule has 2 aromatic heterocycles. The summed E-state index contributed by atoms with van der Waals surface area (Å²) in [6.45, 7) is 6.23. The van der Waals surface area contributed by atoms with Crippen molar-refractivity contribution in [2.75, 3.05) is 13.2 Å². The number of aromatic nitrogens is 2. The fourth-order valence-electron chi connectivity index (χ4n) is 13.3. The van der Waals surface area contributed by atoms with Crippen molar-refractivity contribution in [2.45, 2.75) is 26.7 Å². The number of hydrogen-bond acceptors (Lipinski definition) is 3. The van der Waals surface area contributed by atoms with Crippen LogP contribution in [0, 0.1) is 20.0 Å². The van der Waals surface area contributed by atoms with Crippen LogP contribution in [0.15, 0.2) is 514 Å². The van der Waals surface area contributed by atoms with E-state index in [1.165, 1.54) is 132 Å². The van der Waals surface area contributed by atoms with Crippen LogP contribution in [0.2, 0.25) is 0 Å². The molecule has 11 heteroatoms. The van der Waals surface area contributed by atoms with Gasteiger partial charge in [-0.25, -0.2) is 0 Å². The van der Waals surface area contributed by atoms with Gasteiger partial charge in [-0.2, -0.15) is 18.2 Å². The smallest absolute Gasteiger partial charge is 0.0134 e. The first-order valence-electron chi connectivity index (χ1n) is 40.7. The van der Waals surface area contributed by atoms with Gasteiger partial charge in [-0.15, -0.1) is 0 Å². The molecule has 608 valence electrons. The van der Waals surface area contributed by atoms with E-state index >= 15 is 0 Å². The summed E-state index contributed by atoms with van der Waals surface area (Å²) in [4.78, 5) is 8.08. The molecule has 0 saturated carbocycles. The second kappa shape index (κ2) is 55.8. The summed E-state index contributed by atoms with van der Waals surface area (Å²) < 4.78 is 6.08. The van der Waals surface area contributed by atoms with Crippen molar-refractivity contribution in [1.29, 1.82) is 0 Å². The van der Waals surface area contributed by atoms with E-state index in [4.69, 9.17) is 4.74 Å². The first kappa shape index (κ1) is 95.0. The monoisotopic (exact) mass is 1940 g/mol. The number of halogens is 2. The van der Waals surface area contributed by atoms with Gasteiger partial charge >= 0.3 is 30.0 Å². The number of ether oxygens (including phenoxy) is 1. The third-order valence-electron chi connectivity index (χ3n) is 18.8. The molecule has 0 aliphatic carbocycles. The van der Waals surface area contributed by atoms with Crippen LogP contribution in [0.1, 0.15) is 24.0 Å². The van der Waals surface area contributed by atoms with E-state index in [-0.39, 0.29) is 20.4 Å². The first-order valence-corrected chi connectivity index (χ1v) is 53.8. The van der Waals surface area contributed by atoms with Crippen molar-refractivity contribution in [3.8, 4) is 33.5 Å². The normalized spacial score (nSPS) is 10.7. The molecule has 0 bridgehead atoms. The summed E-state index contributed by atoms with van der Waals surface area (Å²) in [5.41, 5.74) is 9.71. The van der Waals surface area contributed by atoms with Crippen LogP contribution < -0.4 is 63.7 Å². The Morgan fingerprint density at radius 3 is 0.675 bits per heavy atom. The Bertz CT molecular complexity index is 4810. The van der Waals surface area contributed by atoms with Crippen LogP contribution in [-0.4, -0.2) is 23.2 Å². The zero-order valence-corrected chi connectivity index (χ0v) is 80.5. The first-order chi connectivity index (χ1) is 60.4. The predicted molar refractivity (Wildman–Crippen MR) is 537 cm³/mol. The standard InChI is InChI=1S/C18H15N.4C18H15P.C13H11Br.C5H4N.C4H8O.BrH.Pd.Zn/c1-14-11-16(15-7-3-2-4-8-15)13-17(12-14)18-9-5-6-10-19-18;4*1-4-10-16(11-5-1)19(17-12-6-2-7-13-17)18-14-8-3-9-15-18;1-10-7-12(9-13(14)8-10)11-5-3-2-4-6-11;1-2-4-6-5-3-1;1-2-4-5-3-1;;;/h2-13H,1H3;4*1-15H;2-9H,1H3;1-4H;1-4H2;1H;;/q;;;;;;-1;;;;+2/p-1. The van der Waals surface area contributed by atoms with E-state index in [1.807, 2.05) is 48.7 Å². The third-order valence-corrected chi connectivity index (χ3v) is 29.0. The van der Waals surface area contributed by atoms with E-state index in [9.17, 15) is 0 Å². The Morgan fingerprint density at radius 1 is 0.252 bits per heavy atom. The number of rotatable bonds is 15. The third kappa shape index (κ3) is 32.1. The van der Waals surface area contributed by atoms with Crippen molar-refractivity contribution < 1.29 is 41.5 Å². The summed E-state index contributed by atoms with van der Waals surface area (Å²) in [7, 11) is -1.78. The molecular weight excluding hydrogens is 1840 g/mol. The molecule has 123 heavy (non-hydrogen) atoms. The number of hydrogen-bond donors (Lipinski definition) is 0. The fourth-order valence-corrected chi connectivity index (χ4v) is 23.1. The van der Waals surface area contributed by atoms with Crippen molar-refractivity contribution >= 4 is 125 Å². The van der Waals surface area contributed by atoms with Gasteiger partial charge in [0.1, 0.15) is 0 Å². The molecule has 1 aliphatic heterocycles. The van der Waals surface area contributed by atoms with Crippen molar-refractivity contribution in [3.63, 3.8) is 0 Å². The zero-order chi connectivity index (χ0) is 84.5. The maximum atomic E-state index is 4.94. The molecule has 19 rings (SSSR count). The Kier molecular flexibility index (Phi) is 43.1. The maximum absolute atomic E-state index is 4.94. The summed E-state index contributed by atoms with van der Waals surface area (Å²) in [6.07, 6.45) is 8.73. The van der Waals surface area contributed by atoms with E-state index in [2.05, 4.69) is 508 Å². The summed E-state index contributed by atoms with van der Waals surface area (Å²) in [6, 6.07) is 175. The van der Waals surface area contributed by atoms with E-state index in [1.54, 1.807) is 12.3 Å². The second-order valence-electron chi connectivity index (χ2n) is 27.7. The SMILES string of the molecule is C1CCOC1.Cc1cc(-c2ccccc2)cc(-c2ccccn2)c1.Cc1cc(Br)cc(-c2ccccc2)c1.[Pd].[Zn+][Br].[c-]1ccccn1.c1ccc(P(c2ccccc2)c2ccccc2)cc1.c1ccc(P(c2ccccc2)c2ccccc2)cc1.c1ccc(P(c2ccccc2)c2ccccc2)cc1.c1ccc(P(c2ccccc2)c2ccccc2)cc1. The van der Waals surface area contributed by atoms with Gasteiger partial charge in [0, 0.05) is 49.9 Å². The zero-order valence-electron chi connectivity index (χ0n) is 69.2. The molecule has 0 spiro atoms. The Balaban J connectivity index is 0.000000150. The molecule has 3 heterocycles. The molecule has 18 aromatic rings. The average Bonchev–Trinajstić information content (AvgIpc) is 0.910. The van der Waals surface area contributed by atoms with E-state index in [0.29, 0.717) is 0 Å². The minimum Gasteiger partial charge on any atom is -0.394 e. The molecule has 16 aromatic carbocycles. The molecule has 1 aliphatic rings. The van der Waals surface area contributed by atoms with E-state index in [0.717, 1.165) is 23.4 Å².